The number of alkyl halides is 1. The molecule has 0 saturated carbocycles. The maximum absolute atomic E-state index is 12.2. The lowest BCUT2D eigenvalue weighted by Crippen LogP contribution is -2.48. The zero-order chi connectivity index (χ0) is 13.3. The average molecular weight is 262 g/mol. The Bertz CT molecular complexity index is 214. The van der Waals surface area contributed by atoms with Crippen LogP contribution < -0.4 is 5.32 Å². The van der Waals surface area contributed by atoms with E-state index in [9.17, 15) is 4.79 Å². The van der Waals surface area contributed by atoms with E-state index in [0.717, 1.165) is 38.5 Å². The second kappa shape index (κ2) is 8.79. The summed E-state index contributed by atoms with van der Waals surface area (Å²) in [4.78, 5) is 12.2. The average Bonchev–Trinajstić information content (AvgIpc) is 2.29. The molecule has 0 fully saturated rings. The Morgan fingerprint density at radius 1 is 1.24 bits per heavy atom. The highest BCUT2D eigenvalue weighted by Crippen LogP contribution is 2.19. The molecule has 1 N–H and O–H groups in total. The van der Waals surface area contributed by atoms with Gasteiger partial charge in [-0.25, -0.2) is 0 Å². The van der Waals surface area contributed by atoms with Gasteiger partial charge in [0.25, 0.3) is 0 Å². The minimum atomic E-state index is -0.140. The van der Waals surface area contributed by atoms with Crippen LogP contribution in [-0.2, 0) is 4.79 Å². The van der Waals surface area contributed by atoms with Crippen molar-refractivity contribution in [2.24, 2.45) is 5.92 Å². The van der Waals surface area contributed by atoms with Crippen molar-refractivity contribution >= 4 is 17.5 Å². The number of hydrogen-bond donors (Lipinski definition) is 1. The monoisotopic (exact) mass is 261 g/mol. The van der Waals surface area contributed by atoms with Crippen molar-refractivity contribution in [3.05, 3.63) is 0 Å². The molecule has 2 nitrogen and oxygen atoms in total. The lowest BCUT2D eigenvalue weighted by Gasteiger charge is -2.31. The first kappa shape index (κ1) is 16.8. The Balaban J connectivity index is 4.44. The van der Waals surface area contributed by atoms with Crippen LogP contribution in [0.4, 0.5) is 0 Å². The summed E-state index contributed by atoms with van der Waals surface area (Å²) in [6.07, 6.45) is 5.87. The molecule has 0 heterocycles. The standard InChI is InChI=1S/C14H28ClNO/c1-5-8-12(9-6-2)13(17)16-14(4,7-3)10-11-15/h12H,5-11H2,1-4H3,(H,16,17). The van der Waals surface area contributed by atoms with Crippen molar-refractivity contribution in [1.29, 1.82) is 0 Å². The van der Waals surface area contributed by atoms with E-state index >= 15 is 0 Å². The van der Waals surface area contributed by atoms with E-state index in [2.05, 4.69) is 33.0 Å². The van der Waals surface area contributed by atoms with Gasteiger partial charge in [0.15, 0.2) is 0 Å². The second-order valence-electron chi connectivity index (χ2n) is 5.12. The SMILES string of the molecule is CCCC(CCC)C(=O)NC(C)(CC)CCCl. The van der Waals surface area contributed by atoms with E-state index in [1.807, 2.05) is 0 Å². The van der Waals surface area contributed by atoms with Crippen molar-refractivity contribution in [3.8, 4) is 0 Å². The van der Waals surface area contributed by atoms with Crippen LogP contribution in [0.5, 0.6) is 0 Å². The van der Waals surface area contributed by atoms with Gasteiger partial charge in [-0.2, -0.15) is 0 Å². The largest absolute Gasteiger partial charge is 0.351 e. The van der Waals surface area contributed by atoms with Crippen LogP contribution in [0.25, 0.3) is 0 Å². The van der Waals surface area contributed by atoms with Gasteiger partial charge in [0.1, 0.15) is 0 Å². The van der Waals surface area contributed by atoms with Crippen LogP contribution in [0.3, 0.4) is 0 Å². The normalized spacial score (nSPS) is 14.7. The molecule has 0 spiro atoms. The summed E-state index contributed by atoms with van der Waals surface area (Å²) in [5, 5.41) is 3.19. The van der Waals surface area contributed by atoms with Gasteiger partial charge in [-0.15, -0.1) is 11.6 Å². The number of carbonyl (C=O) groups is 1. The quantitative estimate of drug-likeness (QED) is 0.622. The zero-order valence-electron chi connectivity index (χ0n) is 11.8. The van der Waals surface area contributed by atoms with Gasteiger partial charge in [0, 0.05) is 17.3 Å². The van der Waals surface area contributed by atoms with Gasteiger partial charge < -0.3 is 5.32 Å². The molecule has 0 saturated heterocycles. The molecule has 0 aliphatic carbocycles. The molecule has 0 radical (unpaired) electrons. The molecule has 1 amide bonds. The van der Waals surface area contributed by atoms with E-state index in [1.54, 1.807) is 0 Å². The minimum absolute atomic E-state index is 0.140. The third-order valence-corrected chi connectivity index (χ3v) is 3.69. The summed E-state index contributed by atoms with van der Waals surface area (Å²) in [5.74, 6) is 0.978. The molecular formula is C14H28ClNO. The smallest absolute Gasteiger partial charge is 0.223 e. The van der Waals surface area contributed by atoms with Crippen LogP contribution in [0, 0.1) is 5.92 Å². The van der Waals surface area contributed by atoms with E-state index in [4.69, 9.17) is 11.6 Å². The van der Waals surface area contributed by atoms with Gasteiger partial charge in [-0.05, 0) is 32.6 Å². The molecule has 0 aromatic carbocycles. The predicted octanol–water partition coefficient (Wildman–Crippen LogP) is 4.12. The van der Waals surface area contributed by atoms with E-state index in [-0.39, 0.29) is 17.4 Å². The number of nitrogens with one attached hydrogen (secondary N) is 1. The predicted molar refractivity (Wildman–Crippen MR) is 75.5 cm³/mol. The molecule has 1 atom stereocenters. The number of carbonyl (C=O) groups excluding carboxylic acids is 1. The summed E-state index contributed by atoms with van der Waals surface area (Å²) in [6, 6.07) is 0. The number of hydrogen-bond acceptors (Lipinski definition) is 1. The van der Waals surface area contributed by atoms with Crippen LogP contribution in [0.2, 0.25) is 0 Å². The number of amides is 1. The maximum atomic E-state index is 12.2. The number of halogens is 1. The summed E-state index contributed by atoms with van der Waals surface area (Å²) < 4.78 is 0. The van der Waals surface area contributed by atoms with E-state index < -0.39 is 0 Å². The lowest BCUT2D eigenvalue weighted by molar-refractivity contribution is -0.127. The fourth-order valence-electron chi connectivity index (χ4n) is 2.04. The summed E-state index contributed by atoms with van der Waals surface area (Å²) >= 11 is 5.80. The molecule has 1 unspecified atom stereocenters. The van der Waals surface area contributed by atoms with Crippen LogP contribution in [0.15, 0.2) is 0 Å². The van der Waals surface area contributed by atoms with E-state index in [0.29, 0.717) is 5.88 Å². The Morgan fingerprint density at radius 3 is 2.12 bits per heavy atom. The Kier molecular flexibility index (Phi) is 8.67. The van der Waals surface area contributed by atoms with Gasteiger partial charge in [0.2, 0.25) is 5.91 Å². The lowest BCUT2D eigenvalue weighted by atomic mass is 9.91. The van der Waals surface area contributed by atoms with Gasteiger partial charge in [0.05, 0.1) is 0 Å². The first-order valence-electron chi connectivity index (χ1n) is 6.90. The fourth-order valence-corrected chi connectivity index (χ4v) is 2.46. The first-order chi connectivity index (χ1) is 8.02. The highest BCUT2D eigenvalue weighted by Gasteiger charge is 2.26. The van der Waals surface area contributed by atoms with Crippen LogP contribution in [0.1, 0.15) is 66.2 Å². The van der Waals surface area contributed by atoms with Crippen molar-refractivity contribution in [1.82, 2.24) is 5.32 Å². The third kappa shape index (κ3) is 6.30. The topological polar surface area (TPSA) is 29.1 Å². The van der Waals surface area contributed by atoms with Crippen molar-refractivity contribution < 1.29 is 4.79 Å². The van der Waals surface area contributed by atoms with Crippen LogP contribution >= 0.6 is 11.6 Å². The summed E-state index contributed by atoms with van der Waals surface area (Å²) in [6.45, 7) is 8.45. The molecule has 0 bridgehead atoms. The van der Waals surface area contributed by atoms with Crippen molar-refractivity contribution in [2.45, 2.75) is 71.8 Å². The third-order valence-electron chi connectivity index (χ3n) is 3.50. The van der Waals surface area contributed by atoms with Gasteiger partial charge in [-0.1, -0.05) is 33.6 Å². The van der Waals surface area contributed by atoms with Gasteiger partial charge >= 0.3 is 0 Å². The Labute approximate surface area is 111 Å². The minimum Gasteiger partial charge on any atom is -0.351 e. The molecule has 0 aliphatic rings. The van der Waals surface area contributed by atoms with E-state index in [1.165, 1.54) is 0 Å². The Morgan fingerprint density at radius 2 is 1.76 bits per heavy atom. The van der Waals surface area contributed by atoms with Crippen molar-refractivity contribution in [3.63, 3.8) is 0 Å². The highest BCUT2D eigenvalue weighted by molar-refractivity contribution is 6.17. The maximum Gasteiger partial charge on any atom is 0.223 e. The molecule has 0 aliphatic heterocycles. The zero-order valence-corrected chi connectivity index (χ0v) is 12.6. The molecule has 3 heteroatoms. The molecule has 0 aromatic rings. The van der Waals surface area contributed by atoms with Crippen molar-refractivity contribution in [2.75, 3.05) is 5.88 Å². The first-order valence-corrected chi connectivity index (χ1v) is 7.44. The molecule has 0 aromatic heterocycles. The highest BCUT2D eigenvalue weighted by atomic mass is 35.5. The number of rotatable bonds is 9. The second-order valence-corrected chi connectivity index (χ2v) is 5.49. The molecular weight excluding hydrogens is 234 g/mol. The molecule has 17 heavy (non-hydrogen) atoms. The fraction of sp³-hybridized carbons (Fsp3) is 0.929. The Hall–Kier alpha value is -0.240. The molecule has 102 valence electrons. The van der Waals surface area contributed by atoms with Gasteiger partial charge in [-0.3, -0.25) is 4.79 Å². The summed E-state index contributed by atoms with van der Waals surface area (Å²) in [7, 11) is 0. The van der Waals surface area contributed by atoms with Crippen LogP contribution in [-0.4, -0.2) is 17.3 Å². The molecule has 0 rings (SSSR count). The summed E-state index contributed by atoms with van der Waals surface area (Å²) in [5.41, 5.74) is -0.140.